The van der Waals surface area contributed by atoms with Crippen molar-refractivity contribution in [1.82, 2.24) is 9.80 Å². The average Bonchev–Trinajstić information content (AvgIpc) is 2.77. The first-order valence-corrected chi connectivity index (χ1v) is 12.8. The molecule has 4 rings (SSSR count). The lowest BCUT2D eigenvalue weighted by Gasteiger charge is -2.50. The fraction of sp³-hybridized carbons (Fsp3) is 0.536. The zero-order valence-corrected chi connectivity index (χ0v) is 23.0. The number of hydrogen-bond acceptors (Lipinski definition) is 9. The highest BCUT2D eigenvalue weighted by Gasteiger charge is 2.63. The SMILES string of the molecule is CN(Cc1cc(O)c2c(c1F)C[C@H]1C[C@H]3[C@H](N(C)C)C(O)=C(C(N)=O)C(=O)[C@@]3(O)C(O)=C1C2=O)CC(C)(C)C. The first-order chi connectivity index (χ1) is 17.9. The summed E-state index contributed by atoms with van der Waals surface area (Å²) in [5, 5.41) is 44.5. The molecule has 0 fully saturated rings. The van der Waals surface area contributed by atoms with E-state index >= 15 is 4.39 Å². The summed E-state index contributed by atoms with van der Waals surface area (Å²) in [6, 6.07) is 0.0783. The van der Waals surface area contributed by atoms with E-state index in [-0.39, 0.29) is 47.1 Å². The van der Waals surface area contributed by atoms with Crippen LogP contribution in [0.15, 0.2) is 28.7 Å². The van der Waals surface area contributed by atoms with Gasteiger partial charge in [-0.2, -0.15) is 0 Å². The molecule has 11 heteroatoms. The highest BCUT2D eigenvalue weighted by Crippen LogP contribution is 2.52. The number of hydrogen-bond donors (Lipinski definition) is 5. The molecule has 1 amide bonds. The summed E-state index contributed by atoms with van der Waals surface area (Å²) in [7, 11) is 4.92. The number of carbonyl (C=O) groups excluding carboxylic acids is 3. The number of aromatic hydroxyl groups is 1. The summed E-state index contributed by atoms with van der Waals surface area (Å²) in [6.45, 7) is 6.97. The number of Topliss-reactive ketones (excluding diaryl/α,β-unsaturated/α-hetero) is 2. The predicted molar refractivity (Wildman–Crippen MR) is 139 cm³/mol. The van der Waals surface area contributed by atoms with Gasteiger partial charge in [0.15, 0.2) is 11.4 Å². The molecule has 0 bridgehead atoms. The molecule has 0 aromatic heterocycles. The van der Waals surface area contributed by atoms with Crippen molar-refractivity contribution >= 4 is 17.5 Å². The average molecular weight is 546 g/mol. The standard InChI is InChI=1S/C28H36FN3O7/c1-27(2,3)11-32(6)10-13-9-16(33)18-14(20(13)29)7-12-8-15-21(31(4)5)23(35)19(26(30)38)25(37)28(15,39)24(36)17(12)22(18)34/h9,12,15,21,33,35-36,39H,7-8,10-11H2,1-6H3,(H2,30,38)/t12-,15-,21-,28-/m0/s1. The second-order valence-corrected chi connectivity index (χ2v) is 12.4. The van der Waals surface area contributed by atoms with Crippen molar-refractivity contribution in [3.05, 3.63) is 51.2 Å². The molecule has 6 N–H and O–H groups in total. The number of nitrogens with zero attached hydrogens (tertiary/aromatic N) is 2. The molecule has 39 heavy (non-hydrogen) atoms. The van der Waals surface area contributed by atoms with Crippen LogP contribution < -0.4 is 5.73 Å². The van der Waals surface area contributed by atoms with E-state index in [0.29, 0.717) is 6.54 Å². The zero-order valence-electron chi connectivity index (χ0n) is 23.0. The fourth-order valence-corrected chi connectivity index (χ4v) is 6.63. The number of aliphatic hydroxyl groups excluding tert-OH is 2. The minimum atomic E-state index is -2.73. The van der Waals surface area contributed by atoms with Crippen molar-refractivity contribution in [2.45, 2.75) is 51.8 Å². The van der Waals surface area contributed by atoms with Gasteiger partial charge in [0.1, 0.15) is 28.7 Å². The lowest BCUT2D eigenvalue weighted by Crippen LogP contribution is -2.63. The zero-order chi connectivity index (χ0) is 29.4. The molecule has 0 aliphatic heterocycles. The van der Waals surface area contributed by atoms with Crippen LogP contribution in [0.4, 0.5) is 4.39 Å². The molecule has 0 saturated heterocycles. The number of phenolic OH excluding ortho intramolecular Hbond substituents is 1. The lowest BCUT2D eigenvalue weighted by atomic mass is 9.58. The highest BCUT2D eigenvalue weighted by atomic mass is 19.1. The third kappa shape index (κ3) is 4.42. The van der Waals surface area contributed by atoms with E-state index in [1.165, 1.54) is 11.0 Å². The third-order valence-electron chi connectivity index (χ3n) is 7.92. The lowest BCUT2D eigenvalue weighted by molar-refractivity contribution is -0.148. The summed E-state index contributed by atoms with van der Waals surface area (Å²) in [4.78, 5) is 42.4. The van der Waals surface area contributed by atoms with Crippen LogP contribution in [0.2, 0.25) is 0 Å². The molecule has 0 radical (unpaired) electrons. The number of benzene rings is 1. The van der Waals surface area contributed by atoms with Crippen molar-refractivity contribution < 1.29 is 39.2 Å². The van der Waals surface area contributed by atoms with E-state index in [0.717, 1.165) is 0 Å². The van der Waals surface area contributed by atoms with Gasteiger partial charge in [-0.25, -0.2) is 4.39 Å². The summed E-state index contributed by atoms with van der Waals surface area (Å²) in [6.07, 6.45) is -0.190. The minimum Gasteiger partial charge on any atom is -0.510 e. The van der Waals surface area contributed by atoms with E-state index in [1.807, 2.05) is 32.7 Å². The second kappa shape index (κ2) is 9.42. The van der Waals surface area contributed by atoms with Gasteiger partial charge in [0.25, 0.3) is 5.91 Å². The molecule has 4 atom stereocenters. The van der Waals surface area contributed by atoms with Crippen LogP contribution >= 0.6 is 0 Å². The maximum atomic E-state index is 15.9. The van der Waals surface area contributed by atoms with Gasteiger partial charge in [-0.05, 0) is 51.4 Å². The van der Waals surface area contributed by atoms with Gasteiger partial charge in [-0.1, -0.05) is 20.8 Å². The molecular formula is C28H36FN3O7. The largest absolute Gasteiger partial charge is 0.510 e. The monoisotopic (exact) mass is 545 g/mol. The maximum absolute atomic E-state index is 15.9. The van der Waals surface area contributed by atoms with Crippen LogP contribution in [0.25, 0.3) is 0 Å². The Balaban J connectivity index is 1.84. The topological polar surface area (TPSA) is 165 Å². The van der Waals surface area contributed by atoms with Crippen molar-refractivity contribution in [3.63, 3.8) is 0 Å². The van der Waals surface area contributed by atoms with E-state index in [4.69, 9.17) is 5.73 Å². The van der Waals surface area contributed by atoms with E-state index in [1.54, 1.807) is 14.1 Å². The van der Waals surface area contributed by atoms with Crippen LogP contribution in [0.3, 0.4) is 0 Å². The molecule has 1 aromatic carbocycles. The Morgan fingerprint density at radius 1 is 1.18 bits per heavy atom. The molecule has 0 unspecified atom stereocenters. The number of phenols is 1. The van der Waals surface area contributed by atoms with Crippen molar-refractivity contribution in [3.8, 4) is 5.75 Å². The Hall–Kier alpha value is -3.28. The molecular weight excluding hydrogens is 509 g/mol. The number of aliphatic hydroxyl groups is 3. The second-order valence-electron chi connectivity index (χ2n) is 12.4. The Labute approximate surface area is 226 Å². The van der Waals surface area contributed by atoms with Crippen LogP contribution in [0, 0.1) is 23.1 Å². The smallest absolute Gasteiger partial charge is 0.255 e. The van der Waals surface area contributed by atoms with Crippen LogP contribution in [-0.4, -0.2) is 87.0 Å². The van der Waals surface area contributed by atoms with Gasteiger partial charge in [0, 0.05) is 35.7 Å². The first kappa shape index (κ1) is 28.7. The number of allylic oxidation sites excluding steroid dienone is 1. The third-order valence-corrected chi connectivity index (χ3v) is 7.92. The number of primary amides is 1. The van der Waals surface area contributed by atoms with Gasteiger partial charge in [-0.15, -0.1) is 0 Å². The number of nitrogens with two attached hydrogens (primary N) is 1. The molecule has 212 valence electrons. The number of fused-ring (bicyclic) bond motifs is 3. The molecule has 0 heterocycles. The maximum Gasteiger partial charge on any atom is 0.255 e. The normalized spacial score (nSPS) is 27.2. The number of ketones is 2. The van der Waals surface area contributed by atoms with Gasteiger partial charge in [0.2, 0.25) is 5.78 Å². The van der Waals surface area contributed by atoms with Crippen LogP contribution in [0.1, 0.15) is 48.7 Å². The van der Waals surface area contributed by atoms with Crippen molar-refractivity contribution in [2.24, 2.45) is 23.0 Å². The summed E-state index contributed by atoms with van der Waals surface area (Å²) in [5.74, 6) is -8.25. The number of halogens is 1. The number of rotatable bonds is 5. The van der Waals surface area contributed by atoms with E-state index in [9.17, 15) is 34.8 Å². The van der Waals surface area contributed by atoms with Gasteiger partial charge < -0.3 is 31.1 Å². The number of amides is 1. The summed E-state index contributed by atoms with van der Waals surface area (Å²) in [5.41, 5.74) is 1.22. The summed E-state index contributed by atoms with van der Waals surface area (Å²) >= 11 is 0. The van der Waals surface area contributed by atoms with E-state index < -0.39 is 69.6 Å². The van der Waals surface area contributed by atoms with Crippen LogP contribution in [-0.2, 0) is 22.6 Å². The quantitative estimate of drug-likeness (QED) is 0.347. The fourth-order valence-electron chi connectivity index (χ4n) is 6.63. The molecule has 0 spiro atoms. The molecule has 0 saturated carbocycles. The van der Waals surface area contributed by atoms with Crippen molar-refractivity contribution in [2.75, 3.05) is 27.7 Å². The van der Waals surface area contributed by atoms with Gasteiger partial charge in [-0.3, -0.25) is 19.3 Å². The summed E-state index contributed by atoms with van der Waals surface area (Å²) < 4.78 is 15.9. The molecule has 3 aliphatic rings. The Morgan fingerprint density at radius 2 is 1.79 bits per heavy atom. The van der Waals surface area contributed by atoms with E-state index in [2.05, 4.69) is 0 Å². The highest BCUT2D eigenvalue weighted by molar-refractivity contribution is 6.24. The predicted octanol–water partition coefficient (Wildman–Crippen LogP) is 1.74. The molecule has 3 aliphatic carbocycles. The molecule has 1 aromatic rings. The first-order valence-electron chi connectivity index (χ1n) is 12.8. The van der Waals surface area contributed by atoms with Crippen LogP contribution in [0.5, 0.6) is 5.75 Å². The Morgan fingerprint density at radius 3 is 2.33 bits per heavy atom. The number of likely N-dealkylation sites (N-methyl/N-ethyl adjacent to an activating group) is 1. The van der Waals surface area contributed by atoms with Gasteiger partial charge >= 0.3 is 0 Å². The molecule has 10 nitrogen and oxygen atoms in total. The Kier molecular flexibility index (Phi) is 6.94. The number of carbonyl (C=O) groups is 3. The Bertz CT molecular complexity index is 1340. The minimum absolute atomic E-state index is 0.00715. The van der Waals surface area contributed by atoms with Crippen molar-refractivity contribution in [1.29, 1.82) is 0 Å². The van der Waals surface area contributed by atoms with Gasteiger partial charge in [0.05, 0.1) is 11.6 Å².